The Kier molecular flexibility index (Phi) is 3.67. The van der Waals surface area contributed by atoms with Gasteiger partial charge in [0.25, 0.3) is 11.5 Å². The summed E-state index contributed by atoms with van der Waals surface area (Å²) >= 11 is 0. The van der Waals surface area contributed by atoms with Crippen molar-refractivity contribution in [3.63, 3.8) is 0 Å². The molecule has 1 aromatic heterocycles. The lowest BCUT2D eigenvalue weighted by molar-refractivity contribution is 0.103. The topological polar surface area (TPSA) is 107 Å². The summed E-state index contributed by atoms with van der Waals surface area (Å²) < 4.78 is 14.7. The van der Waals surface area contributed by atoms with E-state index in [0.29, 0.717) is 22.2 Å². The number of benzene rings is 2. The maximum Gasteiger partial charge on any atom is 0.266 e. The number of hydrogen-bond acceptors (Lipinski definition) is 4. The number of ketones is 1. The minimum Gasteiger partial charge on any atom is -0.365 e. The number of nitrogens with zero attached hydrogens (tertiary/aromatic N) is 4. The molecule has 27 heavy (non-hydrogen) atoms. The maximum atomic E-state index is 13.5. The summed E-state index contributed by atoms with van der Waals surface area (Å²) in [5.41, 5.74) is 8.73. The number of nitrogens with two attached hydrogens (primary N) is 1. The number of aliphatic imine (C=N–C) groups is 1. The van der Waals surface area contributed by atoms with Crippen LogP contribution in [-0.2, 0) is 6.54 Å². The van der Waals surface area contributed by atoms with Gasteiger partial charge in [-0.1, -0.05) is 11.5 Å². The van der Waals surface area contributed by atoms with Gasteiger partial charge >= 0.3 is 0 Å². The molecule has 9 heteroatoms. The molecular weight excluding hydrogens is 351 g/mol. The Morgan fingerprint density at radius 2 is 2.11 bits per heavy atom. The average Bonchev–Trinajstić information content (AvgIpc) is 2.93. The van der Waals surface area contributed by atoms with E-state index in [4.69, 9.17) is 12.3 Å². The molecule has 0 saturated carbocycles. The zero-order valence-electron chi connectivity index (χ0n) is 13.7. The van der Waals surface area contributed by atoms with Crippen molar-refractivity contribution in [2.45, 2.75) is 6.54 Å². The van der Waals surface area contributed by atoms with E-state index in [9.17, 15) is 14.0 Å². The first-order valence-electron chi connectivity index (χ1n) is 7.82. The van der Waals surface area contributed by atoms with Gasteiger partial charge in [0.1, 0.15) is 5.82 Å². The first kappa shape index (κ1) is 16.4. The van der Waals surface area contributed by atoms with Crippen LogP contribution in [0.25, 0.3) is 21.5 Å². The highest BCUT2D eigenvalue weighted by Crippen LogP contribution is 2.27. The third-order valence-corrected chi connectivity index (χ3v) is 4.18. The number of guanidine groups is 1. The van der Waals surface area contributed by atoms with Crippen LogP contribution in [0.15, 0.2) is 46.2 Å². The van der Waals surface area contributed by atoms with Gasteiger partial charge in [0, 0.05) is 0 Å². The summed E-state index contributed by atoms with van der Waals surface area (Å²) in [7, 11) is 0. The molecule has 0 radical (unpaired) electrons. The second kappa shape index (κ2) is 6.03. The van der Waals surface area contributed by atoms with Gasteiger partial charge in [-0.25, -0.2) is 14.4 Å². The smallest absolute Gasteiger partial charge is 0.266 e. The lowest BCUT2D eigenvalue weighted by atomic mass is 10.1. The highest BCUT2D eigenvalue weighted by molar-refractivity contribution is 6.13. The van der Waals surface area contributed by atoms with Crippen LogP contribution in [0, 0.1) is 12.4 Å². The molecular formula is C18H11FN6O2. The molecule has 0 unspecified atom stereocenters. The summed E-state index contributed by atoms with van der Waals surface area (Å²) in [5.74, 6) is -1.12. The molecule has 1 aliphatic heterocycles. The zero-order chi connectivity index (χ0) is 19.1. The summed E-state index contributed by atoms with van der Waals surface area (Å²) in [6.45, 7) is 6.82. The van der Waals surface area contributed by atoms with E-state index >= 15 is 0 Å². The Bertz CT molecular complexity index is 1260. The number of carbonyl (C=O) groups excluding carboxylic acids is 1. The number of aromatic nitrogens is 2. The predicted octanol–water partition coefficient (Wildman–Crippen LogP) is 1.31. The van der Waals surface area contributed by atoms with E-state index in [1.54, 1.807) is 18.2 Å². The molecule has 0 spiro atoms. The average molecular weight is 362 g/mol. The van der Waals surface area contributed by atoms with E-state index in [0.717, 1.165) is 6.07 Å². The molecule has 1 aliphatic rings. The molecule has 0 bridgehead atoms. The predicted molar refractivity (Wildman–Crippen MR) is 95.8 cm³/mol. The van der Waals surface area contributed by atoms with Crippen molar-refractivity contribution < 1.29 is 9.18 Å². The number of nitrogens with one attached hydrogen (secondary N) is 1. The molecule has 2 heterocycles. The number of rotatable bonds is 2. The van der Waals surface area contributed by atoms with E-state index < -0.39 is 17.2 Å². The van der Waals surface area contributed by atoms with Gasteiger partial charge in [0.15, 0.2) is 5.82 Å². The summed E-state index contributed by atoms with van der Waals surface area (Å²) in [5, 5.41) is 0.299. The van der Waals surface area contributed by atoms with E-state index in [2.05, 4.69) is 20.4 Å². The minimum absolute atomic E-state index is 0.0320. The molecule has 8 nitrogen and oxygen atoms in total. The van der Waals surface area contributed by atoms with Crippen molar-refractivity contribution in [1.29, 1.82) is 0 Å². The van der Waals surface area contributed by atoms with Crippen LogP contribution >= 0.6 is 0 Å². The lowest BCUT2D eigenvalue weighted by Crippen LogP contribution is -2.25. The molecule has 0 atom stereocenters. The largest absolute Gasteiger partial charge is 0.365 e. The van der Waals surface area contributed by atoms with Crippen molar-refractivity contribution >= 4 is 22.6 Å². The Morgan fingerprint density at radius 1 is 1.30 bits per heavy atom. The summed E-state index contributed by atoms with van der Waals surface area (Å²) in [6.07, 6.45) is 0. The van der Waals surface area contributed by atoms with Crippen molar-refractivity contribution in [2.75, 3.05) is 0 Å². The zero-order valence-corrected chi connectivity index (χ0v) is 13.7. The van der Waals surface area contributed by atoms with Crippen molar-refractivity contribution in [2.24, 2.45) is 10.7 Å². The quantitative estimate of drug-likeness (QED) is 0.242. The van der Waals surface area contributed by atoms with Gasteiger partial charge in [0.05, 0.1) is 28.7 Å². The number of halogens is 1. The fourth-order valence-electron chi connectivity index (χ4n) is 2.98. The molecule has 0 aliphatic carbocycles. The minimum atomic E-state index is -0.557. The monoisotopic (exact) mass is 362 g/mol. The second-order valence-electron chi connectivity index (χ2n) is 5.84. The van der Waals surface area contributed by atoms with Gasteiger partial charge in [0.2, 0.25) is 5.78 Å². The summed E-state index contributed by atoms with van der Waals surface area (Å²) in [4.78, 5) is 36.7. The Morgan fingerprint density at radius 3 is 2.89 bits per heavy atom. The highest BCUT2D eigenvalue weighted by atomic mass is 19.1. The Hall–Kier alpha value is -4.06. The van der Waals surface area contributed by atoms with E-state index in [1.807, 2.05) is 0 Å². The van der Waals surface area contributed by atoms with Crippen LogP contribution in [0.4, 0.5) is 4.39 Å². The van der Waals surface area contributed by atoms with Crippen molar-refractivity contribution in [3.8, 4) is 5.69 Å². The third kappa shape index (κ3) is 2.60. The highest BCUT2D eigenvalue weighted by Gasteiger charge is 2.30. The van der Waals surface area contributed by atoms with Crippen LogP contribution < -0.4 is 16.7 Å². The molecule has 2 aromatic carbocycles. The SMILES string of the molecule is [C-]#[N+]NC(N)=NCc1ccc2nc3n(c(=O)c2c1)-c1ccc(F)cc1C3=O. The number of fused-ring (bicyclic) bond motifs is 4. The second-order valence-corrected chi connectivity index (χ2v) is 5.84. The maximum absolute atomic E-state index is 13.5. The fraction of sp³-hybridized carbons (Fsp3) is 0.0556. The van der Waals surface area contributed by atoms with Gasteiger partial charge in [-0.05, 0) is 35.9 Å². The van der Waals surface area contributed by atoms with Gasteiger partial charge in [-0.3, -0.25) is 14.2 Å². The molecule has 0 fully saturated rings. The first-order chi connectivity index (χ1) is 13.0. The van der Waals surface area contributed by atoms with Crippen LogP contribution in [0.2, 0.25) is 0 Å². The standard InChI is InChI=1S/C18H11FN6O2/c1-21-24-18(20)22-8-9-2-4-13-11(6-9)17(27)25-14-5-3-10(19)7-12(14)15(26)16(25)23-13/h2-7H,8H2,(H3,20,22,24). The normalized spacial score (nSPS) is 12.6. The molecule has 3 aromatic rings. The van der Waals surface area contributed by atoms with Gasteiger partial charge in [-0.15, -0.1) is 0 Å². The molecule has 3 N–H and O–H groups in total. The van der Waals surface area contributed by atoms with Crippen LogP contribution in [-0.4, -0.2) is 21.3 Å². The van der Waals surface area contributed by atoms with Gasteiger partial charge in [-0.2, -0.15) is 11.5 Å². The molecule has 4 rings (SSSR count). The van der Waals surface area contributed by atoms with Gasteiger partial charge < -0.3 is 5.73 Å². The number of carbonyl (C=O) groups is 1. The third-order valence-electron chi connectivity index (χ3n) is 4.18. The van der Waals surface area contributed by atoms with Crippen molar-refractivity contribution in [1.82, 2.24) is 15.0 Å². The van der Waals surface area contributed by atoms with Crippen LogP contribution in [0.1, 0.15) is 21.7 Å². The first-order valence-corrected chi connectivity index (χ1v) is 7.82. The lowest BCUT2D eigenvalue weighted by Gasteiger charge is -2.06. The number of hydrogen-bond donors (Lipinski definition) is 2. The summed E-state index contributed by atoms with van der Waals surface area (Å²) in [6, 6.07) is 8.60. The van der Waals surface area contributed by atoms with Crippen LogP contribution in [0.3, 0.4) is 0 Å². The molecule has 0 amide bonds. The fourth-order valence-corrected chi connectivity index (χ4v) is 2.98. The molecule has 132 valence electrons. The van der Waals surface area contributed by atoms with Crippen molar-refractivity contribution in [3.05, 3.63) is 81.0 Å². The Labute approximate surface area is 151 Å². The van der Waals surface area contributed by atoms with Crippen LogP contribution in [0.5, 0.6) is 0 Å². The Balaban J connectivity index is 1.86. The van der Waals surface area contributed by atoms with E-state index in [1.165, 1.54) is 16.7 Å². The molecule has 0 saturated heterocycles. The van der Waals surface area contributed by atoms with E-state index in [-0.39, 0.29) is 23.9 Å².